The van der Waals surface area contributed by atoms with Crippen molar-refractivity contribution < 1.29 is 24.1 Å². The maximum Gasteiger partial charge on any atom is 0.181 e. The highest BCUT2D eigenvalue weighted by atomic mass is 16.7. The lowest BCUT2D eigenvalue weighted by Crippen LogP contribution is -2.50. The van der Waals surface area contributed by atoms with Crippen LogP contribution in [0.2, 0.25) is 0 Å². The lowest BCUT2D eigenvalue weighted by molar-refractivity contribution is -0.274. The van der Waals surface area contributed by atoms with Crippen molar-refractivity contribution in [3.63, 3.8) is 0 Å². The first kappa shape index (κ1) is 22.6. The van der Waals surface area contributed by atoms with E-state index in [4.69, 9.17) is 18.9 Å². The van der Waals surface area contributed by atoms with E-state index in [-0.39, 0.29) is 12.2 Å². The Kier molecular flexibility index (Phi) is 8.42. The average molecular weight is 435 g/mol. The van der Waals surface area contributed by atoms with Crippen molar-refractivity contribution in [2.24, 2.45) is 0 Å². The standard InChI is InChI=1S/C27H30O5/c28-27-25(31-19-23-14-8-3-9-15-23)16-24(30-18-22-12-6-2-7-13-22)26(32-27)20-29-17-21-10-4-1-5-11-21/h1-15,24-28H,16-20H2/t24-,25+,26+,27-/m0/s1. The third-order valence-corrected chi connectivity index (χ3v) is 5.52. The van der Waals surface area contributed by atoms with Crippen LogP contribution in [0.25, 0.3) is 0 Å². The van der Waals surface area contributed by atoms with Crippen molar-refractivity contribution in [1.29, 1.82) is 0 Å². The number of hydrogen-bond acceptors (Lipinski definition) is 5. The van der Waals surface area contributed by atoms with Gasteiger partial charge in [-0.25, -0.2) is 0 Å². The zero-order valence-electron chi connectivity index (χ0n) is 18.1. The predicted molar refractivity (Wildman–Crippen MR) is 122 cm³/mol. The third-order valence-electron chi connectivity index (χ3n) is 5.52. The van der Waals surface area contributed by atoms with Crippen LogP contribution in [-0.2, 0) is 38.8 Å². The lowest BCUT2D eigenvalue weighted by atomic mass is 10.0. The van der Waals surface area contributed by atoms with Crippen LogP contribution in [0, 0.1) is 0 Å². The first-order valence-corrected chi connectivity index (χ1v) is 11.0. The minimum absolute atomic E-state index is 0.254. The van der Waals surface area contributed by atoms with E-state index in [1.54, 1.807) is 0 Å². The van der Waals surface area contributed by atoms with Crippen molar-refractivity contribution in [1.82, 2.24) is 0 Å². The molecule has 0 spiro atoms. The molecule has 0 amide bonds. The Morgan fingerprint density at radius 3 is 1.66 bits per heavy atom. The van der Waals surface area contributed by atoms with Gasteiger partial charge in [0.1, 0.15) is 12.2 Å². The zero-order chi connectivity index (χ0) is 22.0. The van der Waals surface area contributed by atoms with Crippen LogP contribution in [0.3, 0.4) is 0 Å². The van der Waals surface area contributed by atoms with Crippen molar-refractivity contribution in [2.75, 3.05) is 6.61 Å². The second-order valence-electron chi connectivity index (χ2n) is 7.97. The molecule has 0 aromatic heterocycles. The van der Waals surface area contributed by atoms with Gasteiger partial charge in [-0.15, -0.1) is 0 Å². The summed E-state index contributed by atoms with van der Waals surface area (Å²) in [6.07, 6.45) is -1.61. The van der Waals surface area contributed by atoms with Crippen molar-refractivity contribution in [3.05, 3.63) is 108 Å². The summed E-state index contributed by atoms with van der Waals surface area (Å²) in [7, 11) is 0. The summed E-state index contributed by atoms with van der Waals surface area (Å²) in [5.74, 6) is 0. The molecule has 1 heterocycles. The van der Waals surface area contributed by atoms with E-state index in [1.165, 1.54) is 0 Å². The van der Waals surface area contributed by atoms with Crippen LogP contribution in [-0.4, -0.2) is 36.3 Å². The number of aliphatic hydroxyl groups excluding tert-OH is 1. The van der Waals surface area contributed by atoms with Gasteiger partial charge in [0.25, 0.3) is 0 Å². The fraction of sp³-hybridized carbons (Fsp3) is 0.333. The fourth-order valence-corrected chi connectivity index (χ4v) is 3.75. The number of benzene rings is 3. The van der Waals surface area contributed by atoms with Gasteiger partial charge in [0, 0.05) is 6.42 Å². The maximum absolute atomic E-state index is 10.6. The van der Waals surface area contributed by atoms with Gasteiger partial charge in [-0.05, 0) is 16.7 Å². The predicted octanol–water partition coefficient (Wildman–Crippen LogP) is 4.48. The molecule has 1 aliphatic heterocycles. The molecule has 0 aliphatic carbocycles. The Morgan fingerprint density at radius 2 is 1.12 bits per heavy atom. The Hall–Kier alpha value is -2.54. The quantitative estimate of drug-likeness (QED) is 0.510. The number of rotatable bonds is 10. The Balaban J connectivity index is 1.36. The normalized spacial score (nSPS) is 23.2. The van der Waals surface area contributed by atoms with Gasteiger partial charge in [-0.1, -0.05) is 91.0 Å². The molecular weight excluding hydrogens is 404 g/mol. The molecule has 1 fully saturated rings. The molecule has 4 rings (SSSR count). The summed E-state index contributed by atoms with van der Waals surface area (Å²) in [6, 6.07) is 29.9. The van der Waals surface area contributed by atoms with Crippen LogP contribution in [0.4, 0.5) is 0 Å². The second-order valence-corrected chi connectivity index (χ2v) is 7.97. The molecule has 3 aromatic carbocycles. The van der Waals surface area contributed by atoms with Crippen LogP contribution in [0.1, 0.15) is 23.1 Å². The van der Waals surface area contributed by atoms with E-state index < -0.39 is 12.4 Å². The number of hydrogen-bond donors (Lipinski definition) is 1. The average Bonchev–Trinajstić information content (AvgIpc) is 2.85. The molecule has 1 aliphatic rings. The lowest BCUT2D eigenvalue weighted by Gasteiger charge is -2.39. The highest BCUT2D eigenvalue weighted by Crippen LogP contribution is 2.26. The molecule has 3 aromatic rings. The molecule has 1 N–H and O–H groups in total. The smallest absolute Gasteiger partial charge is 0.181 e. The first-order valence-electron chi connectivity index (χ1n) is 11.0. The van der Waals surface area contributed by atoms with E-state index in [1.807, 2.05) is 91.0 Å². The van der Waals surface area contributed by atoms with E-state index in [2.05, 4.69) is 0 Å². The molecule has 32 heavy (non-hydrogen) atoms. The fourth-order valence-electron chi connectivity index (χ4n) is 3.75. The minimum Gasteiger partial charge on any atom is -0.374 e. The SMILES string of the molecule is O[C@H]1O[C@H](COCc2ccccc2)[C@@H](OCc2ccccc2)C[C@H]1OCc1ccccc1. The van der Waals surface area contributed by atoms with Gasteiger partial charge in [-0.2, -0.15) is 0 Å². The summed E-state index contributed by atoms with van der Waals surface area (Å²) in [5, 5.41) is 10.6. The molecule has 0 bridgehead atoms. The van der Waals surface area contributed by atoms with Crippen molar-refractivity contribution >= 4 is 0 Å². The largest absolute Gasteiger partial charge is 0.374 e. The van der Waals surface area contributed by atoms with Gasteiger partial charge in [0.05, 0.1) is 32.5 Å². The number of ether oxygens (including phenoxy) is 4. The first-order chi connectivity index (χ1) is 15.8. The number of aliphatic hydroxyl groups is 1. The topological polar surface area (TPSA) is 57.2 Å². The molecule has 5 nitrogen and oxygen atoms in total. The Bertz CT molecular complexity index is 903. The van der Waals surface area contributed by atoms with E-state index in [0.29, 0.717) is 32.8 Å². The summed E-state index contributed by atoms with van der Waals surface area (Å²) < 4.78 is 24.0. The van der Waals surface area contributed by atoms with E-state index in [0.717, 1.165) is 16.7 Å². The summed E-state index contributed by atoms with van der Waals surface area (Å²) in [6.45, 7) is 1.69. The van der Waals surface area contributed by atoms with Crippen LogP contribution in [0.5, 0.6) is 0 Å². The van der Waals surface area contributed by atoms with Crippen molar-refractivity contribution in [2.45, 2.75) is 50.8 Å². The van der Waals surface area contributed by atoms with E-state index in [9.17, 15) is 5.11 Å². The molecule has 0 unspecified atom stereocenters. The van der Waals surface area contributed by atoms with Gasteiger partial charge < -0.3 is 24.1 Å². The summed E-state index contributed by atoms with van der Waals surface area (Å²) >= 11 is 0. The molecular formula is C27H30O5. The molecule has 4 atom stereocenters. The second kappa shape index (κ2) is 11.9. The highest BCUT2D eigenvalue weighted by molar-refractivity contribution is 5.15. The Morgan fingerprint density at radius 1 is 0.656 bits per heavy atom. The van der Waals surface area contributed by atoms with E-state index >= 15 is 0 Å². The van der Waals surface area contributed by atoms with Crippen LogP contribution >= 0.6 is 0 Å². The monoisotopic (exact) mass is 434 g/mol. The Labute approximate surface area is 189 Å². The maximum atomic E-state index is 10.6. The highest BCUT2D eigenvalue weighted by Gasteiger charge is 2.38. The van der Waals surface area contributed by atoms with Gasteiger partial charge in [-0.3, -0.25) is 0 Å². The van der Waals surface area contributed by atoms with Crippen LogP contribution in [0.15, 0.2) is 91.0 Å². The molecule has 0 saturated carbocycles. The van der Waals surface area contributed by atoms with Crippen LogP contribution < -0.4 is 0 Å². The van der Waals surface area contributed by atoms with Gasteiger partial charge in [0.2, 0.25) is 0 Å². The minimum atomic E-state index is -1.03. The molecule has 0 radical (unpaired) electrons. The third kappa shape index (κ3) is 6.73. The van der Waals surface area contributed by atoms with Gasteiger partial charge in [0.15, 0.2) is 6.29 Å². The molecule has 5 heteroatoms. The van der Waals surface area contributed by atoms with Crippen molar-refractivity contribution in [3.8, 4) is 0 Å². The zero-order valence-corrected chi connectivity index (χ0v) is 18.1. The van der Waals surface area contributed by atoms with Gasteiger partial charge >= 0.3 is 0 Å². The summed E-state index contributed by atoms with van der Waals surface area (Å²) in [4.78, 5) is 0. The molecule has 168 valence electrons. The molecule has 1 saturated heterocycles. The summed E-state index contributed by atoms with van der Waals surface area (Å²) in [5.41, 5.74) is 3.23.